The molecule has 1 heterocycles. The molecule has 0 aliphatic carbocycles. The van der Waals surface area contributed by atoms with Crippen molar-refractivity contribution in [3.05, 3.63) is 70.9 Å². The number of carbonyl (C=O) groups is 3. The van der Waals surface area contributed by atoms with E-state index in [9.17, 15) is 14.4 Å². The fraction of sp³-hybridized carbons (Fsp3) is 0.227. The molecule has 2 N–H and O–H groups in total. The highest BCUT2D eigenvalue weighted by Gasteiger charge is 2.28. The van der Waals surface area contributed by atoms with Crippen LogP contribution >= 0.6 is 0 Å². The summed E-state index contributed by atoms with van der Waals surface area (Å²) in [7, 11) is 1.56. The Labute approximate surface area is 164 Å². The van der Waals surface area contributed by atoms with Crippen LogP contribution in [0.5, 0.6) is 0 Å². The molecule has 0 saturated carbocycles. The number of fused-ring (bicyclic) bond motifs is 1. The topological polar surface area (TPSA) is 78.5 Å². The van der Waals surface area contributed by atoms with Gasteiger partial charge < -0.3 is 15.5 Å². The van der Waals surface area contributed by atoms with Crippen LogP contribution in [0.1, 0.15) is 46.4 Å². The lowest BCUT2D eigenvalue weighted by molar-refractivity contribution is -0.129. The summed E-state index contributed by atoms with van der Waals surface area (Å²) < 4.78 is 0. The van der Waals surface area contributed by atoms with Crippen molar-refractivity contribution in [1.82, 2.24) is 10.2 Å². The Kier molecular flexibility index (Phi) is 5.59. The molecule has 3 rings (SSSR count). The van der Waals surface area contributed by atoms with E-state index in [-0.39, 0.29) is 30.2 Å². The van der Waals surface area contributed by atoms with Gasteiger partial charge in [-0.05, 0) is 41.8 Å². The zero-order valence-corrected chi connectivity index (χ0v) is 16.2. The van der Waals surface area contributed by atoms with Gasteiger partial charge in [0.05, 0.1) is 12.5 Å². The molecule has 0 fully saturated rings. The second-order valence-corrected chi connectivity index (χ2v) is 6.75. The van der Waals surface area contributed by atoms with Crippen molar-refractivity contribution in [2.45, 2.75) is 26.3 Å². The van der Waals surface area contributed by atoms with Crippen molar-refractivity contribution in [3.8, 4) is 0 Å². The lowest BCUT2D eigenvalue weighted by Gasteiger charge is -2.32. The zero-order chi connectivity index (χ0) is 20.3. The number of amides is 3. The van der Waals surface area contributed by atoms with Crippen molar-refractivity contribution >= 4 is 29.5 Å². The van der Waals surface area contributed by atoms with Crippen LogP contribution in [0.2, 0.25) is 0 Å². The number of anilines is 1. The number of nitrogens with zero attached hydrogens (tertiary/aromatic N) is 1. The van der Waals surface area contributed by atoms with Crippen LogP contribution < -0.4 is 10.6 Å². The highest BCUT2D eigenvalue weighted by molar-refractivity contribution is 5.98. The van der Waals surface area contributed by atoms with Crippen LogP contribution in [-0.2, 0) is 9.59 Å². The number of nitrogens with one attached hydrogen (secondary N) is 2. The van der Waals surface area contributed by atoms with E-state index in [1.807, 2.05) is 37.3 Å². The normalized spacial score (nSPS) is 15.0. The summed E-state index contributed by atoms with van der Waals surface area (Å²) in [6, 6.07) is 12.5. The molecule has 0 bridgehead atoms. The first kappa shape index (κ1) is 19.4. The first-order valence-corrected chi connectivity index (χ1v) is 9.09. The third-order valence-electron chi connectivity index (χ3n) is 4.85. The zero-order valence-electron chi connectivity index (χ0n) is 16.2. The molecule has 144 valence electrons. The molecule has 2 aromatic carbocycles. The maximum Gasteiger partial charge on any atom is 0.251 e. The Balaban J connectivity index is 1.83. The van der Waals surface area contributed by atoms with Crippen LogP contribution in [-0.4, -0.2) is 29.7 Å². The van der Waals surface area contributed by atoms with Crippen molar-refractivity contribution in [2.75, 3.05) is 12.4 Å². The van der Waals surface area contributed by atoms with Crippen molar-refractivity contribution < 1.29 is 14.4 Å². The average molecular weight is 377 g/mol. The lowest BCUT2D eigenvalue weighted by Crippen LogP contribution is -2.33. The summed E-state index contributed by atoms with van der Waals surface area (Å²) in [6.07, 6.45) is 3.72. The van der Waals surface area contributed by atoms with Gasteiger partial charge in [-0.1, -0.05) is 30.3 Å². The Bertz CT molecular complexity index is 965. The van der Waals surface area contributed by atoms with Gasteiger partial charge in [0, 0.05) is 31.4 Å². The summed E-state index contributed by atoms with van der Waals surface area (Å²) in [5.41, 5.74) is 3.84. The fourth-order valence-electron chi connectivity index (χ4n) is 3.33. The predicted octanol–water partition coefficient (Wildman–Crippen LogP) is 3.26. The van der Waals surface area contributed by atoms with Gasteiger partial charge in [-0.2, -0.15) is 0 Å². The molecule has 0 radical (unpaired) electrons. The molecule has 0 unspecified atom stereocenters. The number of aryl methyl sites for hydroxylation is 1. The third kappa shape index (κ3) is 3.96. The van der Waals surface area contributed by atoms with Crippen LogP contribution in [0.3, 0.4) is 0 Å². The summed E-state index contributed by atoms with van der Waals surface area (Å²) >= 11 is 0. The Morgan fingerprint density at radius 2 is 1.86 bits per heavy atom. The highest BCUT2D eigenvalue weighted by atomic mass is 16.2. The summed E-state index contributed by atoms with van der Waals surface area (Å²) in [5, 5.41) is 5.46. The van der Waals surface area contributed by atoms with Gasteiger partial charge in [-0.15, -0.1) is 0 Å². The minimum atomic E-state index is -0.374. The molecule has 3 amide bonds. The van der Waals surface area contributed by atoms with E-state index in [0.29, 0.717) is 11.3 Å². The van der Waals surface area contributed by atoms with Gasteiger partial charge >= 0.3 is 0 Å². The summed E-state index contributed by atoms with van der Waals surface area (Å²) in [4.78, 5) is 38.3. The van der Waals surface area contributed by atoms with Crippen molar-refractivity contribution in [3.63, 3.8) is 0 Å². The monoisotopic (exact) mass is 377 g/mol. The number of hydrogen-bond donors (Lipinski definition) is 2. The molecule has 2 aromatic rings. The number of carbonyl (C=O) groups excluding carboxylic acids is 3. The van der Waals surface area contributed by atoms with Gasteiger partial charge in [0.25, 0.3) is 5.91 Å². The van der Waals surface area contributed by atoms with Crippen LogP contribution in [0.15, 0.2) is 48.7 Å². The third-order valence-corrected chi connectivity index (χ3v) is 4.85. The first-order valence-electron chi connectivity index (χ1n) is 9.09. The van der Waals surface area contributed by atoms with Gasteiger partial charge in [-0.25, -0.2) is 0 Å². The van der Waals surface area contributed by atoms with E-state index >= 15 is 0 Å². The molecule has 1 atom stereocenters. The number of hydrogen-bond acceptors (Lipinski definition) is 3. The standard InChI is InChI=1S/C22H23N3O3/c1-14-8-9-17(22(28)23-3)12-19(14)24-21(27)13-20-18-7-5-4-6-16(18)10-11-25(20)15(2)26/h4-12,20H,13H2,1-3H3,(H,23,28)(H,24,27)/t20-/m1/s1. The van der Waals surface area contributed by atoms with Crippen LogP contribution in [0, 0.1) is 6.92 Å². The molecule has 28 heavy (non-hydrogen) atoms. The van der Waals surface area contributed by atoms with Gasteiger partial charge in [0.1, 0.15) is 0 Å². The minimum absolute atomic E-state index is 0.116. The van der Waals surface area contributed by atoms with E-state index in [1.165, 1.54) is 6.92 Å². The van der Waals surface area contributed by atoms with E-state index in [2.05, 4.69) is 10.6 Å². The predicted molar refractivity (Wildman–Crippen MR) is 109 cm³/mol. The van der Waals surface area contributed by atoms with Gasteiger partial charge in [-0.3, -0.25) is 14.4 Å². The number of benzene rings is 2. The van der Waals surface area contributed by atoms with E-state index in [1.54, 1.807) is 36.3 Å². The highest BCUT2D eigenvalue weighted by Crippen LogP contribution is 2.33. The van der Waals surface area contributed by atoms with Crippen molar-refractivity contribution in [2.24, 2.45) is 0 Å². The SMILES string of the molecule is CNC(=O)c1ccc(C)c(NC(=O)C[C@@H]2c3ccccc3C=CN2C(C)=O)c1. The summed E-state index contributed by atoms with van der Waals surface area (Å²) in [5.74, 6) is -0.565. The Morgan fingerprint density at radius 1 is 1.11 bits per heavy atom. The molecule has 1 aliphatic heterocycles. The quantitative estimate of drug-likeness (QED) is 0.858. The lowest BCUT2D eigenvalue weighted by atomic mass is 9.93. The van der Waals surface area contributed by atoms with E-state index < -0.39 is 0 Å². The van der Waals surface area contributed by atoms with Crippen LogP contribution in [0.25, 0.3) is 6.08 Å². The Hall–Kier alpha value is -3.41. The van der Waals surface area contributed by atoms with Gasteiger partial charge in [0.2, 0.25) is 11.8 Å². The largest absolute Gasteiger partial charge is 0.355 e. The molecular formula is C22H23N3O3. The molecule has 6 nitrogen and oxygen atoms in total. The van der Waals surface area contributed by atoms with Crippen LogP contribution in [0.4, 0.5) is 5.69 Å². The van der Waals surface area contributed by atoms with Gasteiger partial charge in [0.15, 0.2) is 0 Å². The molecule has 0 aromatic heterocycles. The molecular weight excluding hydrogens is 354 g/mol. The summed E-state index contributed by atoms with van der Waals surface area (Å²) in [6.45, 7) is 3.35. The Morgan fingerprint density at radius 3 is 2.57 bits per heavy atom. The van der Waals surface area contributed by atoms with E-state index in [4.69, 9.17) is 0 Å². The fourth-order valence-corrected chi connectivity index (χ4v) is 3.33. The average Bonchev–Trinajstić information content (AvgIpc) is 2.69. The van der Waals surface area contributed by atoms with E-state index in [0.717, 1.165) is 16.7 Å². The maximum atomic E-state index is 12.8. The molecule has 1 aliphatic rings. The molecule has 0 spiro atoms. The second kappa shape index (κ2) is 8.08. The molecule has 6 heteroatoms. The smallest absolute Gasteiger partial charge is 0.251 e. The number of rotatable bonds is 4. The van der Waals surface area contributed by atoms with Crippen molar-refractivity contribution in [1.29, 1.82) is 0 Å². The maximum absolute atomic E-state index is 12.8. The second-order valence-electron chi connectivity index (χ2n) is 6.75. The first-order chi connectivity index (χ1) is 13.4. The minimum Gasteiger partial charge on any atom is -0.355 e. The molecule has 0 saturated heterocycles.